The number of rotatable bonds is 5. The Morgan fingerprint density at radius 3 is 2.64 bits per heavy atom. The maximum atomic E-state index is 5.89. The highest BCUT2D eigenvalue weighted by atomic mass is 16.7. The fraction of sp³-hybridized carbons (Fsp3) is 0.500. The predicted molar refractivity (Wildman–Crippen MR) is 53.7 cm³/mol. The van der Waals surface area contributed by atoms with Crippen LogP contribution >= 0.6 is 0 Å². The lowest BCUT2D eigenvalue weighted by molar-refractivity contribution is -0.115. The van der Waals surface area contributed by atoms with E-state index in [4.69, 9.17) is 15.2 Å². The molecule has 1 aromatic heterocycles. The van der Waals surface area contributed by atoms with E-state index >= 15 is 0 Å². The number of methoxy groups -OCH3 is 2. The molecule has 1 heterocycles. The smallest absolute Gasteiger partial charge is 0.172 e. The second-order valence-corrected chi connectivity index (χ2v) is 3.07. The van der Waals surface area contributed by atoms with Crippen molar-refractivity contribution in [3.63, 3.8) is 0 Å². The van der Waals surface area contributed by atoms with Gasteiger partial charge in [0.2, 0.25) is 0 Å². The lowest BCUT2D eigenvalue weighted by Gasteiger charge is -2.20. The van der Waals surface area contributed by atoms with Crippen LogP contribution in [0, 0.1) is 0 Å². The largest absolute Gasteiger partial charge is 0.354 e. The predicted octanol–water partition coefficient (Wildman–Crippen LogP) is 0.570. The average Bonchev–Trinajstić information content (AvgIpc) is 2.21. The van der Waals surface area contributed by atoms with E-state index in [1.807, 2.05) is 12.1 Å². The molecule has 2 N–H and O–H groups in total. The number of hydrogen-bond donors (Lipinski definition) is 1. The molecule has 0 radical (unpaired) electrons. The number of nitrogens with two attached hydrogens (primary N) is 1. The van der Waals surface area contributed by atoms with Crippen LogP contribution in [0.4, 0.5) is 0 Å². The zero-order valence-electron chi connectivity index (χ0n) is 8.51. The van der Waals surface area contributed by atoms with Crippen LogP contribution in [0.1, 0.15) is 5.56 Å². The summed E-state index contributed by atoms with van der Waals surface area (Å²) in [6, 6.07) is 3.69. The monoisotopic (exact) mass is 196 g/mol. The van der Waals surface area contributed by atoms with Gasteiger partial charge >= 0.3 is 0 Å². The van der Waals surface area contributed by atoms with Crippen molar-refractivity contribution in [1.29, 1.82) is 0 Å². The number of aromatic nitrogens is 1. The first-order valence-electron chi connectivity index (χ1n) is 4.48. The molecule has 0 saturated heterocycles. The zero-order valence-corrected chi connectivity index (χ0v) is 8.51. The molecule has 1 rings (SSSR count). The van der Waals surface area contributed by atoms with E-state index in [0.29, 0.717) is 6.42 Å². The molecule has 1 unspecified atom stereocenters. The van der Waals surface area contributed by atoms with Gasteiger partial charge in [0.05, 0.1) is 6.04 Å². The van der Waals surface area contributed by atoms with Crippen molar-refractivity contribution in [2.24, 2.45) is 5.73 Å². The summed E-state index contributed by atoms with van der Waals surface area (Å²) < 4.78 is 10.1. The maximum Gasteiger partial charge on any atom is 0.172 e. The van der Waals surface area contributed by atoms with Gasteiger partial charge < -0.3 is 15.2 Å². The Morgan fingerprint density at radius 1 is 1.43 bits per heavy atom. The van der Waals surface area contributed by atoms with Gasteiger partial charge in [0.25, 0.3) is 0 Å². The van der Waals surface area contributed by atoms with Gasteiger partial charge in [0.15, 0.2) is 6.29 Å². The summed E-state index contributed by atoms with van der Waals surface area (Å²) in [5, 5.41) is 0. The third-order valence-corrected chi connectivity index (χ3v) is 2.01. The Balaban J connectivity index is 2.52. The summed E-state index contributed by atoms with van der Waals surface area (Å²) >= 11 is 0. The van der Waals surface area contributed by atoms with E-state index in [1.54, 1.807) is 26.6 Å². The molecule has 78 valence electrons. The number of nitrogens with zero attached hydrogens (tertiary/aromatic N) is 1. The molecule has 4 heteroatoms. The van der Waals surface area contributed by atoms with Crippen LogP contribution < -0.4 is 5.73 Å². The number of hydrogen-bond acceptors (Lipinski definition) is 4. The Kier molecular flexibility index (Phi) is 4.52. The van der Waals surface area contributed by atoms with E-state index in [2.05, 4.69) is 4.98 Å². The number of ether oxygens (including phenoxy) is 2. The van der Waals surface area contributed by atoms with Crippen molar-refractivity contribution in [2.75, 3.05) is 14.2 Å². The van der Waals surface area contributed by atoms with Crippen LogP contribution in [0.2, 0.25) is 0 Å². The van der Waals surface area contributed by atoms with Crippen LogP contribution in [0.15, 0.2) is 24.5 Å². The molecule has 4 nitrogen and oxygen atoms in total. The Bertz CT molecular complexity index is 250. The fourth-order valence-corrected chi connectivity index (χ4v) is 1.33. The quantitative estimate of drug-likeness (QED) is 0.699. The Hall–Kier alpha value is -0.970. The van der Waals surface area contributed by atoms with Crippen LogP contribution in [0.25, 0.3) is 0 Å². The van der Waals surface area contributed by atoms with Crippen LogP contribution in [-0.2, 0) is 15.9 Å². The SMILES string of the molecule is COC(OC)C(N)Cc1cccnc1. The van der Waals surface area contributed by atoms with Gasteiger partial charge in [-0.3, -0.25) is 4.98 Å². The van der Waals surface area contributed by atoms with Crippen molar-refractivity contribution in [2.45, 2.75) is 18.8 Å². The summed E-state index contributed by atoms with van der Waals surface area (Å²) in [5.74, 6) is 0. The van der Waals surface area contributed by atoms with E-state index in [9.17, 15) is 0 Å². The lowest BCUT2D eigenvalue weighted by atomic mass is 10.1. The summed E-state index contributed by atoms with van der Waals surface area (Å²) in [5.41, 5.74) is 6.98. The molecule has 0 aromatic carbocycles. The molecule has 0 aliphatic heterocycles. The summed E-state index contributed by atoms with van der Waals surface area (Å²) in [6.07, 6.45) is 3.86. The van der Waals surface area contributed by atoms with Gasteiger partial charge in [-0.2, -0.15) is 0 Å². The van der Waals surface area contributed by atoms with E-state index in [-0.39, 0.29) is 12.3 Å². The molecule has 0 spiro atoms. The molecule has 1 aromatic rings. The topological polar surface area (TPSA) is 57.4 Å². The minimum Gasteiger partial charge on any atom is -0.354 e. The molecule has 1 atom stereocenters. The van der Waals surface area contributed by atoms with Crippen LogP contribution in [0.3, 0.4) is 0 Å². The van der Waals surface area contributed by atoms with Crippen molar-refractivity contribution in [1.82, 2.24) is 4.98 Å². The van der Waals surface area contributed by atoms with Gasteiger partial charge in [-0.05, 0) is 18.1 Å². The van der Waals surface area contributed by atoms with Crippen molar-refractivity contribution in [3.05, 3.63) is 30.1 Å². The zero-order chi connectivity index (χ0) is 10.4. The minimum absolute atomic E-state index is 0.172. The summed E-state index contributed by atoms with van der Waals surface area (Å²) in [7, 11) is 3.16. The van der Waals surface area contributed by atoms with E-state index in [1.165, 1.54) is 0 Å². The summed E-state index contributed by atoms with van der Waals surface area (Å²) in [4.78, 5) is 4.01. The second-order valence-electron chi connectivity index (χ2n) is 3.07. The van der Waals surface area contributed by atoms with E-state index in [0.717, 1.165) is 5.56 Å². The second kappa shape index (κ2) is 5.70. The molecule has 0 aliphatic rings. The van der Waals surface area contributed by atoms with Crippen LogP contribution in [-0.4, -0.2) is 31.5 Å². The molecular formula is C10H16N2O2. The van der Waals surface area contributed by atoms with Gasteiger partial charge in [0, 0.05) is 26.6 Å². The summed E-state index contributed by atoms with van der Waals surface area (Å²) in [6.45, 7) is 0. The van der Waals surface area contributed by atoms with Gasteiger partial charge in [-0.1, -0.05) is 6.07 Å². The third kappa shape index (κ3) is 3.06. The first-order chi connectivity index (χ1) is 6.77. The highest BCUT2D eigenvalue weighted by molar-refractivity contribution is 5.10. The van der Waals surface area contributed by atoms with Crippen LogP contribution in [0.5, 0.6) is 0 Å². The first-order valence-corrected chi connectivity index (χ1v) is 4.48. The van der Waals surface area contributed by atoms with Gasteiger partial charge in [-0.25, -0.2) is 0 Å². The standard InChI is InChI=1S/C10H16N2O2/c1-13-10(14-2)9(11)6-8-4-3-5-12-7-8/h3-5,7,9-10H,6,11H2,1-2H3. The van der Waals surface area contributed by atoms with Crippen molar-refractivity contribution >= 4 is 0 Å². The average molecular weight is 196 g/mol. The molecule has 0 amide bonds. The van der Waals surface area contributed by atoms with Crippen molar-refractivity contribution < 1.29 is 9.47 Å². The first kappa shape index (κ1) is 11.1. The molecule has 0 bridgehead atoms. The normalized spacial score (nSPS) is 13.1. The number of pyridine rings is 1. The molecule has 0 fully saturated rings. The minimum atomic E-state index is -0.366. The molecule has 14 heavy (non-hydrogen) atoms. The van der Waals surface area contributed by atoms with Crippen molar-refractivity contribution in [3.8, 4) is 0 Å². The maximum absolute atomic E-state index is 5.89. The Morgan fingerprint density at radius 2 is 2.14 bits per heavy atom. The van der Waals surface area contributed by atoms with Gasteiger partial charge in [0.1, 0.15) is 0 Å². The molecule has 0 aliphatic carbocycles. The highest BCUT2D eigenvalue weighted by Gasteiger charge is 2.16. The molecule has 0 saturated carbocycles. The third-order valence-electron chi connectivity index (χ3n) is 2.01. The van der Waals surface area contributed by atoms with Gasteiger partial charge in [-0.15, -0.1) is 0 Å². The highest BCUT2D eigenvalue weighted by Crippen LogP contribution is 2.05. The molecular weight excluding hydrogens is 180 g/mol. The lowest BCUT2D eigenvalue weighted by Crippen LogP contribution is -2.39. The van der Waals surface area contributed by atoms with E-state index < -0.39 is 0 Å². The fourth-order valence-electron chi connectivity index (χ4n) is 1.33. The Labute approximate surface area is 84.0 Å².